The Kier molecular flexibility index (Phi) is 6.59. The van der Waals surface area contributed by atoms with Crippen molar-refractivity contribution < 1.29 is 14.4 Å². The molecule has 2 aromatic rings. The molecule has 2 heterocycles. The van der Waals surface area contributed by atoms with Gasteiger partial charge in [-0.2, -0.15) is 0 Å². The van der Waals surface area contributed by atoms with Crippen LogP contribution in [0.25, 0.3) is 0 Å². The number of hydrogen-bond acceptors (Lipinski definition) is 4. The Morgan fingerprint density at radius 3 is 2.03 bits per heavy atom. The van der Waals surface area contributed by atoms with E-state index < -0.39 is 0 Å². The summed E-state index contributed by atoms with van der Waals surface area (Å²) in [6.07, 6.45) is 4.24. The standard InChI is InChI=1S/C22H26N4O3/c1-17(27)25-13-15-26(16-14-25)22(29)20-5-3-19(4-6-20)21(28)24(2)12-9-18-7-10-23-11-8-18/h3-8,10-11H,9,12-16H2,1-2H3. The lowest BCUT2D eigenvalue weighted by Crippen LogP contribution is -2.50. The van der Waals surface area contributed by atoms with E-state index >= 15 is 0 Å². The van der Waals surface area contributed by atoms with Crippen molar-refractivity contribution in [1.82, 2.24) is 19.7 Å². The molecular weight excluding hydrogens is 368 g/mol. The average molecular weight is 394 g/mol. The maximum absolute atomic E-state index is 12.7. The molecule has 0 spiro atoms. The van der Waals surface area contributed by atoms with E-state index in [4.69, 9.17) is 0 Å². The molecular formula is C22H26N4O3. The number of carbonyl (C=O) groups is 3. The Bertz CT molecular complexity index is 859. The monoisotopic (exact) mass is 394 g/mol. The van der Waals surface area contributed by atoms with Gasteiger partial charge in [0.15, 0.2) is 0 Å². The predicted octanol–water partition coefficient (Wildman–Crippen LogP) is 1.70. The van der Waals surface area contributed by atoms with E-state index in [2.05, 4.69) is 4.98 Å². The second-order valence-corrected chi connectivity index (χ2v) is 7.21. The second-order valence-electron chi connectivity index (χ2n) is 7.21. The summed E-state index contributed by atoms with van der Waals surface area (Å²) >= 11 is 0. The van der Waals surface area contributed by atoms with Gasteiger partial charge in [0.05, 0.1) is 0 Å². The molecule has 0 atom stereocenters. The van der Waals surface area contributed by atoms with Crippen molar-refractivity contribution in [2.75, 3.05) is 39.8 Å². The molecule has 1 fully saturated rings. The molecule has 0 unspecified atom stereocenters. The van der Waals surface area contributed by atoms with Gasteiger partial charge < -0.3 is 14.7 Å². The number of hydrogen-bond donors (Lipinski definition) is 0. The van der Waals surface area contributed by atoms with Gasteiger partial charge in [-0.3, -0.25) is 19.4 Å². The third kappa shape index (κ3) is 5.19. The van der Waals surface area contributed by atoms with Crippen molar-refractivity contribution in [1.29, 1.82) is 0 Å². The lowest BCUT2D eigenvalue weighted by atomic mass is 10.1. The number of rotatable bonds is 5. The van der Waals surface area contributed by atoms with E-state index in [9.17, 15) is 14.4 Å². The zero-order chi connectivity index (χ0) is 20.8. The number of pyridine rings is 1. The third-order valence-corrected chi connectivity index (χ3v) is 5.22. The van der Waals surface area contributed by atoms with E-state index in [1.54, 1.807) is 65.3 Å². The molecule has 7 heteroatoms. The van der Waals surface area contributed by atoms with Crippen molar-refractivity contribution in [2.45, 2.75) is 13.3 Å². The Balaban J connectivity index is 1.55. The normalized spacial score (nSPS) is 13.9. The van der Waals surface area contributed by atoms with Crippen LogP contribution >= 0.6 is 0 Å². The summed E-state index contributed by atoms with van der Waals surface area (Å²) in [5, 5.41) is 0. The van der Waals surface area contributed by atoms with E-state index in [1.807, 2.05) is 12.1 Å². The van der Waals surface area contributed by atoms with Crippen LogP contribution in [0.2, 0.25) is 0 Å². The van der Waals surface area contributed by atoms with Crippen LogP contribution in [0.3, 0.4) is 0 Å². The first kappa shape index (κ1) is 20.5. The van der Waals surface area contributed by atoms with Crippen LogP contribution in [0.15, 0.2) is 48.8 Å². The smallest absolute Gasteiger partial charge is 0.253 e. The van der Waals surface area contributed by atoms with E-state index in [-0.39, 0.29) is 17.7 Å². The van der Waals surface area contributed by atoms with Gasteiger partial charge in [0.1, 0.15) is 0 Å². The number of amides is 3. The molecule has 0 saturated carbocycles. The molecule has 0 radical (unpaired) electrons. The molecule has 0 bridgehead atoms. The minimum absolute atomic E-state index is 0.0352. The molecule has 1 saturated heterocycles. The molecule has 1 aliphatic rings. The van der Waals surface area contributed by atoms with Gasteiger partial charge in [-0.05, 0) is 48.4 Å². The van der Waals surface area contributed by atoms with Crippen LogP contribution in [0, 0.1) is 0 Å². The summed E-state index contributed by atoms with van der Waals surface area (Å²) in [6.45, 7) is 4.30. The molecule has 1 aliphatic heterocycles. The molecule has 0 aliphatic carbocycles. The molecule has 3 amide bonds. The minimum Gasteiger partial charge on any atom is -0.341 e. The number of benzene rings is 1. The van der Waals surface area contributed by atoms with Gasteiger partial charge in [-0.1, -0.05) is 0 Å². The van der Waals surface area contributed by atoms with Gasteiger partial charge >= 0.3 is 0 Å². The Morgan fingerprint density at radius 1 is 0.897 bits per heavy atom. The number of carbonyl (C=O) groups excluding carboxylic acids is 3. The Hall–Kier alpha value is -3.22. The maximum Gasteiger partial charge on any atom is 0.253 e. The van der Waals surface area contributed by atoms with Crippen molar-refractivity contribution in [3.63, 3.8) is 0 Å². The lowest BCUT2D eigenvalue weighted by molar-refractivity contribution is -0.130. The highest BCUT2D eigenvalue weighted by molar-refractivity contribution is 5.97. The topological polar surface area (TPSA) is 73.8 Å². The van der Waals surface area contributed by atoms with Crippen LogP contribution in [0.4, 0.5) is 0 Å². The average Bonchev–Trinajstić information content (AvgIpc) is 2.77. The molecule has 152 valence electrons. The number of likely N-dealkylation sites (N-methyl/N-ethyl adjacent to an activating group) is 1. The highest BCUT2D eigenvalue weighted by atomic mass is 16.2. The summed E-state index contributed by atoms with van der Waals surface area (Å²) in [6, 6.07) is 10.7. The van der Waals surface area contributed by atoms with Crippen LogP contribution in [-0.2, 0) is 11.2 Å². The molecule has 7 nitrogen and oxygen atoms in total. The number of aromatic nitrogens is 1. The Morgan fingerprint density at radius 2 is 1.45 bits per heavy atom. The fourth-order valence-electron chi connectivity index (χ4n) is 3.33. The van der Waals surface area contributed by atoms with Crippen molar-refractivity contribution in [3.8, 4) is 0 Å². The maximum atomic E-state index is 12.7. The van der Waals surface area contributed by atoms with Gasteiger partial charge in [0.25, 0.3) is 11.8 Å². The van der Waals surface area contributed by atoms with Crippen LogP contribution in [-0.4, -0.2) is 77.2 Å². The summed E-state index contributed by atoms with van der Waals surface area (Å²) in [7, 11) is 1.77. The fourth-order valence-corrected chi connectivity index (χ4v) is 3.33. The first-order chi connectivity index (χ1) is 14.0. The number of piperazine rings is 1. The van der Waals surface area contributed by atoms with Gasteiger partial charge in [0, 0.05) is 70.2 Å². The highest BCUT2D eigenvalue weighted by Crippen LogP contribution is 2.12. The van der Waals surface area contributed by atoms with Crippen LogP contribution in [0.1, 0.15) is 33.2 Å². The first-order valence-corrected chi connectivity index (χ1v) is 9.75. The quantitative estimate of drug-likeness (QED) is 0.774. The largest absolute Gasteiger partial charge is 0.341 e. The second kappa shape index (κ2) is 9.32. The Labute approximate surface area is 170 Å². The zero-order valence-electron chi connectivity index (χ0n) is 16.9. The van der Waals surface area contributed by atoms with Crippen molar-refractivity contribution in [2.24, 2.45) is 0 Å². The predicted molar refractivity (Wildman–Crippen MR) is 110 cm³/mol. The van der Waals surface area contributed by atoms with Gasteiger partial charge in [-0.25, -0.2) is 0 Å². The molecule has 0 N–H and O–H groups in total. The molecule has 1 aromatic carbocycles. The van der Waals surface area contributed by atoms with Gasteiger partial charge in [-0.15, -0.1) is 0 Å². The highest BCUT2D eigenvalue weighted by Gasteiger charge is 2.23. The summed E-state index contributed by atoms with van der Waals surface area (Å²) in [5.41, 5.74) is 2.24. The lowest BCUT2D eigenvalue weighted by Gasteiger charge is -2.34. The van der Waals surface area contributed by atoms with Crippen LogP contribution in [0.5, 0.6) is 0 Å². The van der Waals surface area contributed by atoms with Crippen LogP contribution < -0.4 is 0 Å². The molecule has 29 heavy (non-hydrogen) atoms. The summed E-state index contributed by atoms with van der Waals surface area (Å²) < 4.78 is 0. The third-order valence-electron chi connectivity index (χ3n) is 5.22. The zero-order valence-corrected chi connectivity index (χ0v) is 16.9. The first-order valence-electron chi connectivity index (χ1n) is 9.75. The van der Waals surface area contributed by atoms with Crippen molar-refractivity contribution >= 4 is 17.7 Å². The van der Waals surface area contributed by atoms with E-state index in [0.717, 1.165) is 12.0 Å². The van der Waals surface area contributed by atoms with E-state index in [1.165, 1.54) is 0 Å². The van der Waals surface area contributed by atoms with Gasteiger partial charge in [0.2, 0.25) is 5.91 Å². The molecule has 1 aromatic heterocycles. The molecule has 3 rings (SSSR count). The minimum atomic E-state index is -0.0758. The van der Waals surface area contributed by atoms with E-state index in [0.29, 0.717) is 43.9 Å². The SMILES string of the molecule is CC(=O)N1CCN(C(=O)c2ccc(C(=O)N(C)CCc3ccncc3)cc2)CC1. The number of nitrogens with zero attached hydrogens (tertiary/aromatic N) is 4. The van der Waals surface area contributed by atoms with Crippen molar-refractivity contribution in [3.05, 3.63) is 65.5 Å². The summed E-state index contributed by atoms with van der Waals surface area (Å²) in [5.74, 6) is -0.112. The fraction of sp³-hybridized carbons (Fsp3) is 0.364. The summed E-state index contributed by atoms with van der Waals surface area (Å²) in [4.78, 5) is 45.9.